The van der Waals surface area contributed by atoms with Crippen LogP contribution in [-0.4, -0.2) is 70.9 Å². The van der Waals surface area contributed by atoms with Crippen LogP contribution in [0.5, 0.6) is 5.75 Å². The summed E-state index contributed by atoms with van der Waals surface area (Å²) < 4.78 is 30.9. The summed E-state index contributed by atoms with van der Waals surface area (Å²) in [5, 5.41) is 8.93. The molecule has 1 saturated heterocycles. The van der Waals surface area contributed by atoms with E-state index in [2.05, 4.69) is 10.2 Å². The number of benzene rings is 2. The third-order valence-corrected chi connectivity index (χ3v) is 8.51. The molecule has 1 amide bonds. The van der Waals surface area contributed by atoms with E-state index in [0.717, 1.165) is 17.0 Å². The molecule has 2 heterocycles. The Morgan fingerprint density at radius 3 is 2.45 bits per heavy atom. The summed E-state index contributed by atoms with van der Waals surface area (Å²) in [4.78, 5) is 14.6. The van der Waals surface area contributed by atoms with E-state index >= 15 is 0 Å². The molecule has 0 radical (unpaired) electrons. The van der Waals surface area contributed by atoms with Crippen molar-refractivity contribution in [3.63, 3.8) is 0 Å². The van der Waals surface area contributed by atoms with E-state index in [4.69, 9.17) is 4.74 Å². The average molecular weight is 487 g/mol. The van der Waals surface area contributed by atoms with Crippen molar-refractivity contribution in [3.05, 3.63) is 54.6 Å². The van der Waals surface area contributed by atoms with Gasteiger partial charge in [0.15, 0.2) is 20.8 Å². The zero-order valence-corrected chi connectivity index (χ0v) is 20.3. The minimum absolute atomic E-state index is 0.0223. The predicted octanol–water partition coefficient (Wildman–Crippen LogP) is 3.07. The highest BCUT2D eigenvalue weighted by Gasteiger charge is 2.34. The first-order chi connectivity index (χ1) is 15.8. The highest BCUT2D eigenvalue weighted by molar-refractivity contribution is 8.00. The van der Waals surface area contributed by atoms with Crippen molar-refractivity contribution in [2.45, 2.75) is 29.8 Å². The van der Waals surface area contributed by atoms with Crippen LogP contribution in [0.2, 0.25) is 0 Å². The van der Waals surface area contributed by atoms with Gasteiger partial charge in [0.2, 0.25) is 5.91 Å². The Kier molecular flexibility index (Phi) is 6.76. The number of ether oxygens (including phenoxy) is 1. The molecule has 1 aliphatic rings. The Morgan fingerprint density at radius 1 is 1.15 bits per heavy atom. The van der Waals surface area contributed by atoms with Crippen molar-refractivity contribution in [2.75, 3.05) is 25.7 Å². The lowest BCUT2D eigenvalue weighted by atomic mass is 10.2. The van der Waals surface area contributed by atoms with E-state index in [1.165, 1.54) is 11.8 Å². The first-order valence-electron chi connectivity index (χ1n) is 10.6. The molecule has 33 heavy (non-hydrogen) atoms. The molecule has 8 nitrogen and oxygen atoms in total. The highest BCUT2D eigenvalue weighted by atomic mass is 32.2. The first-order valence-corrected chi connectivity index (χ1v) is 13.3. The SMILES string of the molecule is COc1ccc(-c2nnc(SC(C)C(=O)N(C)C3CCS(=O)(=O)C3)n2-c2ccccc2)cc1. The van der Waals surface area contributed by atoms with Crippen molar-refractivity contribution < 1.29 is 17.9 Å². The zero-order valence-electron chi connectivity index (χ0n) is 18.7. The van der Waals surface area contributed by atoms with E-state index in [9.17, 15) is 13.2 Å². The fraction of sp³-hybridized carbons (Fsp3) is 0.348. The van der Waals surface area contributed by atoms with Crippen LogP contribution in [-0.2, 0) is 14.6 Å². The van der Waals surface area contributed by atoms with Gasteiger partial charge in [0.25, 0.3) is 0 Å². The van der Waals surface area contributed by atoms with Gasteiger partial charge in [-0.1, -0.05) is 30.0 Å². The molecule has 0 bridgehead atoms. The molecule has 1 fully saturated rings. The molecule has 174 valence electrons. The number of amides is 1. The molecule has 0 N–H and O–H groups in total. The molecule has 0 saturated carbocycles. The Labute approximate surface area is 197 Å². The van der Waals surface area contributed by atoms with Crippen LogP contribution in [0.25, 0.3) is 17.1 Å². The van der Waals surface area contributed by atoms with Crippen LogP contribution < -0.4 is 4.74 Å². The molecule has 1 aliphatic heterocycles. The van der Waals surface area contributed by atoms with Gasteiger partial charge in [0, 0.05) is 24.3 Å². The van der Waals surface area contributed by atoms with Crippen molar-refractivity contribution in [3.8, 4) is 22.8 Å². The van der Waals surface area contributed by atoms with Gasteiger partial charge in [-0.25, -0.2) is 8.42 Å². The number of para-hydroxylation sites is 1. The summed E-state index contributed by atoms with van der Waals surface area (Å²) in [6, 6.07) is 17.0. The first kappa shape index (κ1) is 23.3. The number of carbonyl (C=O) groups excluding carboxylic acids is 1. The summed E-state index contributed by atoms with van der Waals surface area (Å²) in [6.07, 6.45) is 0.476. The van der Waals surface area contributed by atoms with Crippen LogP contribution in [0.15, 0.2) is 59.8 Å². The summed E-state index contributed by atoms with van der Waals surface area (Å²) >= 11 is 1.31. The number of rotatable bonds is 7. The molecule has 1 aromatic heterocycles. The fourth-order valence-corrected chi connectivity index (χ4v) is 6.58. The van der Waals surface area contributed by atoms with Gasteiger partial charge in [-0.2, -0.15) is 0 Å². The summed E-state index contributed by atoms with van der Waals surface area (Å²) in [7, 11) is 0.224. The second-order valence-electron chi connectivity index (χ2n) is 7.97. The quantitative estimate of drug-likeness (QED) is 0.474. The number of hydrogen-bond acceptors (Lipinski definition) is 7. The Morgan fingerprint density at radius 2 is 1.85 bits per heavy atom. The van der Waals surface area contributed by atoms with E-state index in [0.29, 0.717) is 17.4 Å². The van der Waals surface area contributed by atoms with Gasteiger partial charge < -0.3 is 9.64 Å². The number of methoxy groups -OCH3 is 1. The van der Waals surface area contributed by atoms with E-state index in [-0.39, 0.29) is 23.5 Å². The Bertz CT molecular complexity index is 1230. The van der Waals surface area contributed by atoms with E-state index < -0.39 is 15.1 Å². The maximum absolute atomic E-state index is 13.1. The van der Waals surface area contributed by atoms with Crippen molar-refractivity contribution in [1.29, 1.82) is 0 Å². The number of nitrogens with zero attached hydrogens (tertiary/aromatic N) is 4. The van der Waals surface area contributed by atoms with Crippen LogP contribution in [0, 0.1) is 0 Å². The van der Waals surface area contributed by atoms with Crippen molar-refractivity contribution in [1.82, 2.24) is 19.7 Å². The highest BCUT2D eigenvalue weighted by Crippen LogP contribution is 2.32. The lowest BCUT2D eigenvalue weighted by Gasteiger charge is -2.26. The maximum Gasteiger partial charge on any atom is 0.235 e. The van der Waals surface area contributed by atoms with Gasteiger partial charge in [-0.3, -0.25) is 9.36 Å². The van der Waals surface area contributed by atoms with Crippen LogP contribution in [0.4, 0.5) is 0 Å². The minimum atomic E-state index is -3.07. The molecule has 3 aromatic rings. The molecular formula is C23H26N4O4S2. The standard InChI is InChI=1S/C23H26N4O4S2/c1-16(22(28)26(2)19-13-14-33(29,30)15-19)32-23-25-24-21(17-9-11-20(31-3)12-10-17)27(23)18-7-5-4-6-8-18/h4-12,16,19H,13-15H2,1-3H3. The van der Waals surface area contributed by atoms with E-state index in [1.807, 2.05) is 66.1 Å². The molecule has 2 unspecified atom stereocenters. The second kappa shape index (κ2) is 9.56. The Balaban J connectivity index is 1.62. The lowest BCUT2D eigenvalue weighted by Crippen LogP contribution is -2.41. The minimum Gasteiger partial charge on any atom is -0.497 e. The van der Waals surface area contributed by atoms with E-state index in [1.54, 1.807) is 19.1 Å². The largest absolute Gasteiger partial charge is 0.497 e. The van der Waals surface area contributed by atoms with Crippen molar-refractivity contribution >= 4 is 27.5 Å². The van der Waals surface area contributed by atoms with Crippen LogP contribution in [0.3, 0.4) is 0 Å². The normalized spacial score (nSPS) is 18.1. The molecule has 0 aliphatic carbocycles. The average Bonchev–Trinajstić information content (AvgIpc) is 3.41. The molecule has 4 rings (SSSR count). The fourth-order valence-electron chi connectivity index (χ4n) is 3.84. The third kappa shape index (κ3) is 5.06. The number of sulfone groups is 1. The summed E-state index contributed by atoms with van der Waals surface area (Å²) in [5.41, 5.74) is 1.75. The molecular weight excluding hydrogens is 460 g/mol. The van der Waals surface area contributed by atoms with Crippen LogP contribution in [0.1, 0.15) is 13.3 Å². The van der Waals surface area contributed by atoms with Gasteiger partial charge >= 0.3 is 0 Å². The summed E-state index contributed by atoms with van der Waals surface area (Å²) in [6.45, 7) is 1.81. The zero-order chi connectivity index (χ0) is 23.6. The van der Waals surface area contributed by atoms with Crippen LogP contribution >= 0.6 is 11.8 Å². The second-order valence-corrected chi connectivity index (χ2v) is 11.5. The summed E-state index contributed by atoms with van der Waals surface area (Å²) in [5.74, 6) is 1.42. The molecule has 2 atom stereocenters. The van der Waals surface area contributed by atoms with Gasteiger partial charge in [-0.15, -0.1) is 10.2 Å². The lowest BCUT2D eigenvalue weighted by molar-refractivity contribution is -0.130. The smallest absolute Gasteiger partial charge is 0.235 e. The van der Waals surface area contributed by atoms with Gasteiger partial charge in [-0.05, 0) is 49.7 Å². The number of hydrogen-bond donors (Lipinski definition) is 0. The van der Waals surface area contributed by atoms with Gasteiger partial charge in [0.1, 0.15) is 5.75 Å². The predicted molar refractivity (Wildman–Crippen MR) is 128 cm³/mol. The number of aromatic nitrogens is 3. The monoisotopic (exact) mass is 486 g/mol. The topological polar surface area (TPSA) is 94.4 Å². The number of thioether (sulfide) groups is 1. The Hall–Kier alpha value is -2.85. The maximum atomic E-state index is 13.1. The molecule has 2 aromatic carbocycles. The number of carbonyl (C=O) groups is 1. The van der Waals surface area contributed by atoms with Gasteiger partial charge in [0.05, 0.1) is 23.9 Å². The molecule has 10 heteroatoms. The van der Waals surface area contributed by atoms with Crippen molar-refractivity contribution in [2.24, 2.45) is 0 Å². The third-order valence-electron chi connectivity index (χ3n) is 5.73. The molecule has 0 spiro atoms.